The van der Waals surface area contributed by atoms with Gasteiger partial charge in [0.05, 0.1) is 24.3 Å². The first-order valence-electron chi connectivity index (χ1n) is 5.52. The van der Waals surface area contributed by atoms with Crippen molar-refractivity contribution in [3.63, 3.8) is 0 Å². The van der Waals surface area contributed by atoms with Crippen LogP contribution in [-0.4, -0.2) is 34.6 Å². The Morgan fingerprint density at radius 3 is 2.82 bits per heavy atom. The molecule has 1 heterocycles. The van der Waals surface area contributed by atoms with Gasteiger partial charge in [0.2, 0.25) is 0 Å². The molecule has 0 bridgehead atoms. The zero-order valence-corrected chi connectivity index (χ0v) is 9.61. The highest BCUT2D eigenvalue weighted by Crippen LogP contribution is 2.27. The van der Waals surface area contributed by atoms with Crippen LogP contribution in [0.5, 0.6) is 0 Å². The molecule has 5 heteroatoms. The lowest BCUT2D eigenvalue weighted by atomic mass is 9.90. The molecule has 0 radical (unpaired) electrons. The number of halogens is 1. The normalized spacial score (nSPS) is 17.7. The molecule has 92 valence electrons. The molecule has 0 spiro atoms. The molecule has 1 amide bonds. The zero-order chi connectivity index (χ0) is 12.6. The van der Waals surface area contributed by atoms with Crippen LogP contribution < -0.4 is 5.73 Å². The van der Waals surface area contributed by atoms with Crippen molar-refractivity contribution in [2.24, 2.45) is 0 Å². The van der Waals surface area contributed by atoms with Crippen molar-refractivity contribution in [1.29, 1.82) is 0 Å². The van der Waals surface area contributed by atoms with E-state index in [-0.39, 0.29) is 30.2 Å². The summed E-state index contributed by atoms with van der Waals surface area (Å²) in [7, 11) is 0. The van der Waals surface area contributed by atoms with Crippen LogP contribution in [0.4, 0.5) is 10.1 Å². The smallest absolute Gasteiger partial charge is 0.256 e. The summed E-state index contributed by atoms with van der Waals surface area (Å²) in [4.78, 5) is 13.4. The summed E-state index contributed by atoms with van der Waals surface area (Å²) in [5, 5.41) is 9.81. The van der Waals surface area contributed by atoms with Gasteiger partial charge in [-0.3, -0.25) is 4.79 Å². The predicted molar refractivity (Wildman–Crippen MR) is 62.0 cm³/mol. The molecular formula is C12H15FN2O2. The molecule has 1 aromatic carbocycles. The first kappa shape index (κ1) is 11.9. The van der Waals surface area contributed by atoms with E-state index >= 15 is 0 Å². The Hall–Kier alpha value is -1.62. The summed E-state index contributed by atoms with van der Waals surface area (Å²) in [6.45, 7) is 2.41. The van der Waals surface area contributed by atoms with Gasteiger partial charge in [-0.25, -0.2) is 4.39 Å². The second kappa shape index (κ2) is 4.00. The van der Waals surface area contributed by atoms with Crippen molar-refractivity contribution in [3.8, 4) is 0 Å². The number of hydrogen-bond acceptors (Lipinski definition) is 3. The van der Waals surface area contributed by atoms with Gasteiger partial charge in [0.1, 0.15) is 5.82 Å². The molecule has 4 nitrogen and oxygen atoms in total. The topological polar surface area (TPSA) is 66.6 Å². The Kier molecular flexibility index (Phi) is 2.79. The number of nitrogens with zero attached hydrogens (tertiary/aromatic N) is 1. The lowest BCUT2D eigenvalue weighted by Gasteiger charge is -2.46. The molecular weight excluding hydrogens is 223 g/mol. The molecule has 1 saturated heterocycles. The van der Waals surface area contributed by atoms with Crippen molar-refractivity contribution < 1.29 is 14.3 Å². The molecule has 1 aromatic rings. The Morgan fingerprint density at radius 2 is 2.24 bits per heavy atom. The maximum Gasteiger partial charge on any atom is 0.256 e. The number of carbonyl (C=O) groups is 1. The third-order valence-corrected chi connectivity index (χ3v) is 3.16. The summed E-state index contributed by atoms with van der Waals surface area (Å²) in [5.41, 5.74) is 5.25. The van der Waals surface area contributed by atoms with Gasteiger partial charge in [-0.2, -0.15) is 0 Å². The molecule has 0 aliphatic carbocycles. The van der Waals surface area contributed by atoms with Crippen LogP contribution in [0.2, 0.25) is 0 Å². The summed E-state index contributed by atoms with van der Waals surface area (Å²) >= 11 is 0. The second-order valence-corrected chi connectivity index (χ2v) is 4.47. The number of benzene rings is 1. The molecule has 17 heavy (non-hydrogen) atoms. The van der Waals surface area contributed by atoms with E-state index in [1.54, 1.807) is 0 Å². The number of hydrogen-bond donors (Lipinski definition) is 2. The molecule has 0 aromatic heterocycles. The molecule has 1 aliphatic heterocycles. The summed E-state index contributed by atoms with van der Waals surface area (Å²) in [6, 6.07) is 3.71. The minimum Gasteiger partial charge on any atom is -0.398 e. The van der Waals surface area contributed by atoms with E-state index in [1.807, 2.05) is 6.92 Å². The lowest BCUT2D eigenvalue weighted by Crippen LogP contribution is -2.63. The highest BCUT2D eigenvalue weighted by Gasteiger charge is 2.42. The van der Waals surface area contributed by atoms with Crippen LogP contribution in [0.3, 0.4) is 0 Å². The van der Waals surface area contributed by atoms with Crippen molar-refractivity contribution in [3.05, 3.63) is 29.6 Å². The van der Waals surface area contributed by atoms with E-state index in [2.05, 4.69) is 0 Å². The zero-order valence-electron chi connectivity index (χ0n) is 9.61. The van der Waals surface area contributed by atoms with Gasteiger partial charge in [0.15, 0.2) is 0 Å². The largest absolute Gasteiger partial charge is 0.398 e. The van der Waals surface area contributed by atoms with Crippen molar-refractivity contribution >= 4 is 11.6 Å². The van der Waals surface area contributed by atoms with Gasteiger partial charge in [0, 0.05) is 5.69 Å². The van der Waals surface area contributed by atoms with E-state index in [4.69, 9.17) is 5.73 Å². The fourth-order valence-corrected chi connectivity index (χ4v) is 1.92. The second-order valence-electron chi connectivity index (χ2n) is 4.47. The van der Waals surface area contributed by atoms with Crippen LogP contribution >= 0.6 is 0 Å². The quantitative estimate of drug-likeness (QED) is 0.755. The van der Waals surface area contributed by atoms with Crippen LogP contribution in [0.15, 0.2) is 18.2 Å². The number of rotatable bonds is 2. The number of carbonyl (C=O) groups excluding carboxylic acids is 1. The van der Waals surface area contributed by atoms with Crippen LogP contribution in [0, 0.1) is 5.82 Å². The van der Waals surface area contributed by atoms with Crippen molar-refractivity contribution in [2.45, 2.75) is 18.9 Å². The molecule has 0 unspecified atom stereocenters. The number of anilines is 1. The third-order valence-electron chi connectivity index (χ3n) is 3.16. The number of likely N-dealkylation sites (tertiary alicyclic amines) is 1. The lowest BCUT2D eigenvalue weighted by molar-refractivity contribution is -0.0826. The van der Waals surface area contributed by atoms with Gasteiger partial charge in [-0.15, -0.1) is 0 Å². The Bertz CT molecular complexity index is 456. The monoisotopic (exact) mass is 238 g/mol. The minimum absolute atomic E-state index is 0.156. The van der Waals surface area contributed by atoms with Gasteiger partial charge < -0.3 is 15.7 Å². The van der Waals surface area contributed by atoms with Crippen molar-refractivity contribution in [2.75, 3.05) is 18.8 Å². The summed E-state index contributed by atoms with van der Waals surface area (Å²) in [5.74, 6) is -0.825. The SMILES string of the molecule is CCC1(O)CN(C(=O)c2cc(F)ccc2N)C1. The van der Waals surface area contributed by atoms with Crippen LogP contribution in [0.1, 0.15) is 23.7 Å². The third kappa shape index (κ3) is 2.10. The van der Waals surface area contributed by atoms with Crippen LogP contribution in [-0.2, 0) is 0 Å². The number of amides is 1. The maximum absolute atomic E-state index is 13.0. The predicted octanol–water partition coefficient (Wildman–Crippen LogP) is 1.00. The fraction of sp³-hybridized carbons (Fsp3) is 0.417. The fourth-order valence-electron chi connectivity index (χ4n) is 1.92. The van der Waals surface area contributed by atoms with Crippen molar-refractivity contribution in [1.82, 2.24) is 4.90 Å². The summed E-state index contributed by atoms with van der Waals surface area (Å²) < 4.78 is 13.0. The van der Waals surface area contributed by atoms with E-state index < -0.39 is 11.4 Å². The van der Waals surface area contributed by atoms with E-state index in [0.717, 1.165) is 6.07 Å². The number of β-amino-alcohol motifs (C(OH)–C–C–N with tert-alkyl or cyclic N) is 1. The highest BCUT2D eigenvalue weighted by atomic mass is 19.1. The number of nitrogens with two attached hydrogens (primary N) is 1. The Labute approximate surface area is 98.8 Å². The van der Waals surface area contributed by atoms with Gasteiger partial charge in [0.25, 0.3) is 5.91 Å². The van der Waals surface area contributed by atoms with Gasteiger partial charge in [-0.05, 0) is 24.6 Å². The standard InChI is InChI=1S/C12H15FN2O2/c1-2-12(17)6-15(7-12)11(16)9-5-8(13)3-4-10(9)14/h3-5,17H,2,6-7,14H2,1H3. The van der Waals surface area contributed by atoms with Gasteiger partial charge >= 0.3 is 0 Å². The average molecular weight is 238 g/mol. The van der Waals surface area contributed by atoms with Crippen LogP contribution in [0.25, 0.3) is 0 Å². The molecule has 3 N–H and O–H groups in total. The number of aliphatic hydroxyl groups is 1. The molecule has 1 fully saturated rings. The first-order valence-corrected chi connectivity index (χ1v) is 5.52. The molecule has 0 saturated carbocycles. The van der Waals surface area contributed by atoms with E-state index in [1.165, 1.54) is 17.0 Å². The minimum atomic E-state index is -0.794. The Balaban J connectivity index is 2.14. The summed E-state index contributed by atoms with van der Waals surface area (Å²) in [6.07, 6.45) is 0.593. The highest BCUT2D eigenvalue weighted by molar-refractivity contribution is 5.99. The average Bonchev–Trinajstić information content (AvgIpc) is 2.27. The number of nitrogen functional groups attached to an aromatic ring is 1. The molecule has 1 aliphatic rings. The van der Waals surface area contributed by atoms with Gasteiger partial charge in [-0.1, -0.05) is 6.92 Å². The van der Waals surface area contributed by atoms with E-state index in [0.29, 0.717) is 6.42 Å². The molecule has 2 rings (SSSR count). The maximum atomic E-state index is 13.0. The first-order chi connectivity index (χ1) is 7.95. The molecule has 0 atom stereocenters. The Morgan fingerprint density at radius 1 is 1.59 bits per heavy atom. The van der Waals surface area contributed by atoms with E-state index in [9.17, 15) is 14.3 Å².